The van der Waals surface area contributed by atoms with Crippen LogP contribution in [0.3, 0.4) is 0 Å². The second-order valence-electron chi connectivity index (χ2n) is 3.05. The first kappa shape index (κ1) is 10.9. The molecule has 0 unspecified atom stereocenters. The number of hydrogen-bond donors (Lipinski definition) is 1. The maximum atomic E-state index is 10.7. The lowest BCUT2D eigenvalue weighted by Gasteiger charge is -2.21. The molecular formula is C8H16ClNO. The summed E-state index contributed by atoms with van der Waals surface area (Å²) >= 11 is 0. The van der Waals surface area contributed by atoms with Crippen molar-refractivity contribution in [3.8, 4) is 0 Å². The summed E-state index contributed by atoms with van der Waals surface area (Å²) in [6.07, 6.45) is 4.46. The lowest BCUT2D eigenvalue weighted by Crippen LogP contribution is -2.35. The van der Waals surface area contributed by atoms with E-state index in [9.17, 15) is 4.79 Å². The van der Waals surface area contributed by atoms with E-state index in [0.717, 1.165) is 13.0 Å². The first-order valence-electron chi connectivity index (χ1n) is 4.02. The van der Waals surface area contributed by atoms with Gasteiger partial charge in [-0.2, -0.15) is 0 Å². The Morgan fingerprint density at radius 3 is 2.73 bits per heavy atom. The first-order chi connectivity index (χ1) is 4.79. The summed E-state index contributed by atoms with van der Waals surface area (Å²) in [5.74, 6) is 0.305. The fourth-order valence-corrected chi connectivity index (χ4v) is 1.45. The van der Waals surface area contributed by atoms with Gasteiger partial charge in [0.1, 0.15) is 5.78 Å². The molecule has 1 rings (SSSR count). The van der Waals surface area contributed by atoms with Gasteiger partial charge in [0.25, 0.3) is 0 Å². The van der Waals surface area contributed by atoms with E-state index < -0.39 is 0 Å². The summed E-state index contributed by atoms with van der Waals surface area (Å²) in [5, 5.41) is 3.33. The first-order valence-corrected chi connectivity index (χ1v) is 4.02. The van der Waals surface area contributed by atoms with Crippen LogP contribution in [0.5, 0.6) is 0 Å². The molecule has 1 fully saturated rings. The molecule has 0 aromatic carbocycles. The molecule has 1 N–H and O–H groups in total. The normalized spacial score (nSPS) is 23.9. The van der Waals surface area contributed by atoms with Gasteiger partial charge in [-0.1, -0.05) is 6.42 Å². The zero-order valence-corrected chi connectivity index (χ0v) is 7.75. The highest BCUT2D eigenvalue weighted by molar-refractivity contribution is 5.85. The molecular weight excluding hydrogens is 162 g/mol. The third-order valence-corrected chi connectivity index (χ3v) is 1.95. The summed E-state index contributed by atoms with van der Waals surface area (Å²) in [6, 6.07) is 0.478. The summed E-state index contributed by atoms with van der Waals surface area (Å²) in [7, 11) is 0. The van der Waals surface area contributed by atoms with Crippen molar-refractivity contribution in [2.45, 2.75) is 38.6 Å². The van der Waals surface area contributed by atoms with E-state index >= 15 is 0 Å². The average Bonchev–Trinajstić information content (AvgIpc) is 1.88. The van der Waals surface area contributed by atoms with E-state index in [0.29, 0.717) is 11.8 Å². The van der Waals surface area contributed by atoms with Crippen LogP contribution in [-0.4, -0.2) is 18.4 Å². The van der Waals surface area contributed by atoms with E-state index in [1.54, 1.807) is 6.92 Å². The van der Waals surface area contributed by atoms with E-state index in [-0.39, 0.29) is 12.4 Å². The van der Waals surface area contributed by atoms with Gasteiger partial charge in [-0.3, -0.25) is 4.79 Å². The van der Waals surface area contributed by atoms with E-state index in [1.165, 1.54) is 19.3 Å². The van der Waals surface area contributed by atoms with Crippen molar-refractivity contribution in [2.24, 2.45) is 0 Å². The molecule has 3 heteroatoms. The van der Waals surface area contributed by atoms with Crippen LogP contribution in [0, 0.1) is 0 Å². The van der Waals surface area contributed by atoms with Gasteiger partial charge in [-0.05, 0) is 26.3 Å². The topological polar surface area (TPSA) is 29.1 Å². The highest BCUT2D eigenvalue weighted by Crippen LogP contribution is 2.09. The van der Waals surface area contributed by atoms with Crippen molar-refractivity contribution in [3.05, 3.63) is 0 Å². The molecule has 0 aromatic rings. The van der Waals surface area contributed by atoms with E-state index in [2.05, 4.69) is 5.32 Å². The van der Waals surface area contributed by atoms with Gasteiger partial charge in [0.05, 0.1) is 0 Å². The van der Waals surface area contributed by atoms with Gasteiger partial charge in [-0.25, -0.2) is 0 Å². The number of rotatable bonds is 2. The Labute approximate surface area is 74.2 Å². The molecule has 1 aliphatic heterocycles. The fraction of sp³-hybridized carbons (Fsp3) is 0.875. The fourth-order valence-electron chi connectivity index (χ4n) is 1.45. The second kappa shape index (κ2) is 5.56. The third-order valence-electron chi connectivity index (χ3n) is 1.95. The largest absolute Gasteiger partial charge is 0.314 e. The molecule has 0 bridgehead atoms. The van der Waals surface area contributed by atoms with Crippen molar-refractivity contribution >= 4 is 18.2 Å². The summed E-state index contributed by atoms with van der Waals surface area (Å²) in [5.41, 5.74) is 0. The molecule has 1 heterocycles. The maximum absolute atomic E-state index is 10.7. The zero-order chi connectivity index (χ0) is 7.40. The van der Waals surface area contributed by atoms with Crippen LogP contribution in [0.1, 0.15) is 32.6 Å². The van der Waals surface area contributed by atoms with Crippen LogP contribution in [0.25, 0.3) is 0 Å². The highest BCUT2D eigenvalue weighted by atomic mass is 35.5. The summed E-state index contributed by atoms with van der Waals surface area (Å²) in [4.78, 5) is 10.7. The van der Waals surface area contributed by atoms with Crippen LogP contribution in [0.2, 0.25) is 0 Å². The monoisotopic (exact) mass is 177 g/mol. The minimum absolute atomic E-state index is 0. The van der Waals surface area contributed by atoms with E-state index in [4.69, 9.17) is 0 Å². The van der Waals surface area contributed by atoms with Gasteiger partial charge in [-0.15, -0.1) is 12.4 Å². The van der Waals surface area contributed by atoms with Gasteiger partial charge in [0.15, 0.2) is 0 Å². The van der Waals surface area contributed by atoms with Gasteiger partial charge in [0, 0.05) is 12.5 Å². The summed E-state index contributed by atoms with van der Waals surface area (Å²) in [6.45, 7) is 2.76. The number of hydrogen-bond acceptors (Lipinski definition) is 2. The van der Waals surface area contributed by atoms with Crippen LogP contribution in [0.15, 0.2) is 0 Å². The Bertz CT molecular complexity index is 121. The van der Waals surface area contributed by atoms with Crippen molar-refractivity contribution in [3.63, 3.8) is 0 Å². The second-order valence-corrected chi connectivity index (χ2v) is 3.05. The Hall–Kier alpha value is -0.0800. The van der Waals surface area contributed by atoms with Crippen LogP contribution in [0.4, 0.5) is 0 Å². The Morgan fingerprint density at radius 1 is 1.55 bits per heavy atom. The van der Waals surface area contributed by atoms with Crippen LogP contribution >= 0.6 is 12.4 Å². The maximum Gasteiger partial charge on any atom is 0.131 e. The number of Topliss-reactive ketones (excluding diaryl/α,β-unsaturated/α-hetero) is 1. The van der Waals surface area contributed by atoms with Crippen LogP contribution < -0.4 is 5.32 Å². The predicted octanol–water partition coefficient (Wildman–Crippen LogP) is 1.53. The highest BCUT2D eigenvalue weighted by Gasteiger charge is 2.13. The number of piperidine rings is 1. The predicted molar refractivity (Wildman–Crippen MR) is 48.2 cm³/mol. The molecule has 0 spiro atoms. The molecule has 11 heavy (non-hydrogen) atoms. The molecule has 2 nitrogen and oxygen atoms in total. The van der Waals surface area contributed by atoms with Crippen LogP contribution in [-0.2, 0) is 4.79 Å². The van der Waals surface area contributed by atoms with Crippen molar-refractivity contribution in [2.75, 3.05) is 6.54 Å². The Kier molecular flexibility index (Phi) is 5.51. The van der Waals surface area contributed by atoms with E-state index in [1.807, 2.05) is 0 Å². The molecule has 0 amide bonds. The number of carbonyl (C=O) groups is 1. The summed E-state index contributed by atoms with van der Waals surface area (Å²) < 4.78 is 0. The minimum atomic E-state index is 0. The zero-order valence-electron chi connectivity index (χ0n) is 6.93. The molecule has 1 saturated heterocycles. The lowest BCUT2D eigenvalue weighted by atomic mass is 10.0. The van der Waals surface area contributed by atoms with Gasteiger partial charge >= 0.3 is 0 Å². The molecule has 0 saturated carbocycles. The molecule has 66 valence electrons. The number of ketones is 1. The van der Waals surface area contributed by atoms with Crippen molar-refractivity contribution in [1.82, 2.24) is 5.32 Å². The number of carbonyl (C=O) groups excluding carboxylic acids is 1. The minimum Gasteiger partial charge on any atom is -0.314 e. The van der Waals surface area contributed by atoms with Crippen molar-refractivity contribution in [1.29, 1.82) is 0 Å². The average molecular weight is 178 g/mol. The third kappa shape index (κ3) is 4.38. The quantitative estimate of drug-likeness (QED) is 0.693. The molecule has 0 aromatic heterocycles. The number of halogens is 1. The Balaban J connectivity index is 0.000001000. The SMILES string of the molecule is CC(=O)C[C@@H]1CCCCN1.Cl. The lowest BCUT2D eigenvalue weighted by molar-refractivity contribution is -0.117. The standard InChI is InChI=1S/C8H15NO.ClH/c1-7(10)6-8-4-2-3-5-9-8;/h8-9H,2-6H2,1H3;1H/t8-;/m0./s1. The van der Waals surface area contributed by atoms with Gasteiger partial charge in [0.2, 0.25) is 0 Å². The molecule has 0 radical (unpaired) electrons. The molecule has 1 atom stereocenters. The molecule has 0 aliphatic carbocycles. The smallest absolute Gasteiger partial charge is 0.131 e. The Morgan fingerprint density at radius 2 is 2.27 bits per heavy atom. The van der Waals surface area contributed by atoms with Crippen molar-refractivity contribution < 1.29 is 4.79 Å². The number of nitrogens with one attached hydrogen (secondary N) is 1. The van der Waals surface area contributed by atoms with Gasteiger partial charge < -0.3 is 5.32 Å². The molecule has 1 aliphatic rings.